The van der Waals surface area contributed by atoms with Crippen molar-refractivity contribution in [3.05, 3.63) is 0 Å². The van der Waals surface area contributed by atoms with Gasteiger partial charge in [0.1, 0.15) is 0 Å². The first-order valence-electron chi connectivity index (χ1n) is 5.78. The molecule has 2 heterocycles. The number of hydrogen-bond acceptors (Lipinski definition) is 3. The van der Waals surface area contributed by atoms with Crippen LogP contribution in [0.2, 0.25) is 0 Å². The Kier molecular flexibility index (Phi) is 3.14. The Morgan fingerprint density at radius 3 is 2.44 bits per heavy atom. The number of carbonyl (C=O) groups is 2. The molecule has 90 valence electrons. The van der Waals surface area contributed by atoms with E-state index in [0.717, 1.165) is 25.9 Å². The van der Waals surface area contributed by atoms with Crippen LogP contribution in [0.5, 0.6) is 0 Å². The predicted octanol–water partition coefficient (Wildman–Crippen LogP) is -0.129. The fourth-order valence-electron chi connectivity index (χ4n) is 2.44. The molecule has 0 aromatic rings. The molecule has 1 N–H and O–H groups in total. The lowest BCUT2D eigenvalue weighted by Crippen LogP contribution is -2.56. The van der Waals surface area contributed by atoms with Crippen molar-refractivity contribution in [2.24, 2.45) is 11.8 Å². The third-order valence-electron chi connectivity index (χ3n) is 3.52. The van der Waals surface area contributed by atoms with E-state index in [-0.39, 0.29) is 17.7 Å². The summed E-state index contributed by atoms with van der Waals surface area (Å²) in [6, 6.07) is 0. The van der Waals surface area contributed by atoms with E-state index < -0.39 is 5.97 Å². The molecular weight excluding hydrogens is 208 g/mol. The Morgan fingerprint density at radius 1 is 1.19 bits per heavy atom. The molecule has 2 rings (SSSR count). The maximum Gasteiger partial charge on any atom is 0.310 e. The molecule has 0 aromatic carbocycles. The van der Waals surface area contributed by atoms with E-state index in [2.05, 4.69) is 4.90 Å². The zero-order chi connectivity index (χ0) is 11.7. The van der Waals surface area contributed by atoms with Crippen LogP contribution in [0.25, 0.3) is 0 Å². The molecule has 0 saturated carbocycles. The van der Waals surface area contributed by atoms with E-state index in [1.54, 1.807) is 4.90 Å². The van der Waals surface area contributed by atoms with Gasteiger partial charge in [-0.25, -0.2) is 0 Å². The van der Waals surface area contributed by atoms with Gasteiger partial charge in [0.2, 0.25) is 5.91 Å². The molecule has 0 unspecified atom stereocenters. The summed E-state index contributed by atoms with van der Waals surface area (Å²) in [5.41, 5.74) is 0. The van der Waals surface area contributed by atoms with Crippen LogP contribution in [0.4, 0.5) is 0 Å². The van der Waals surface area contributed by atoms with E-state index in [4.69, 9.17) is 5.11 Å². The summed E-state index contributed by atoms with van der Waals surface area (Å²) in [5.74, 6) is -0.910. The largest absolute Gasteiger partial charge is 0.481 e. The van der Waals surface area contributed by atoms with Crippen LogP contribution in [0.1, 0.15) is 12.8 Å². The highest BCUT2D eigenvalue weighted by molar-refractivity contribution is 5.83. The second kappa shape index (κ2) is 4.41. The summed E-state index contributed by atoms with van der Waals surface area (Å²) in [6.45, 7) is 2.66. The highest BCUT2D eigenvalue weighted by Gasteiger charge is 2.38. The molecule has 5 nitrogen and oxygen atoms in total. The number of aliphatic carboxylic acids is 1. The van der Waals surface area contributed by atoms with Gasteiger partial charge in [0.15, 0.2) is 0 Å². The molecule has 0 radical (unpaired) electrons. The molecular formula is C11H18N2O3. The van der Waals surface area contributed by atoms with Crippen molar-refractivity contribution in [2.45, 2.75) is 12.8 Å². The first kappa shape index (κ1) is 11.4. The van der Waals surface area contributed by atoms with Gasteiger partial charge in [-0.3, -0.25) is 9.59 Å². The molecule has 0 aliphatic carbocycles. The molecule has 0 bridgehead atoms. The number of carboxylic acid groups (broad SMARTS) is 1. The number of nitrogens with zero attached hydrogens (tertiary/aromatic N) is 2. The van der Waals surface area contributed by atoms with Gasteiger partial charge in [0.25, 0.3) is 0 Å². The molecule has 2 fully saturated rings. The van der Waals surface area contributed by atoms with Gasteiger partial charge in [-0.15, -0.1) is 0 Å². The molecule has 1 atom stereocenters. The van der Waals surface area contributed by atoms with Crippen LogP contribution < -0.4 is 0 Å². The number of likely N-dealkylation sites (tertiary alicyclic amines) is 2. The molecule has 16 heavy (non-hydrogen) atoms. The van der Waals surface area contributed by atoms with E-state index in [9.17, 15) is 9.59 Å². The second-order valence-electron chi connectivity index (χ2n) is 4.88. The Balaban J connectivity index is 1.82. The molecule has 2 saturated heterocycles. The summed E-state index contributed by atoms with van der Waals surface area (Å²) < 4.78 is 0. The van der Waals surface area contributed by atoms with E-state index in [1.807, 2.05) is 7.05 Å². The Labute approximate surface area is 95.0 Å². The predicted molar refractivity (Wildman–Crippen MR) is 57.9 cm³/mol. The molecule has 1 amide bonds. The average molecular weight is 226 g/mol. The number of carbonyl (C=O) groups excluding carboxylic acids is 1. The fraction of sp³-hybridized carbons (Fsp3) is 0.818. The van der Waals surface area contributed by atoms with E-state index >= 15 is 0 Å². The smallest absolute Gasteiger partial charge is 0.310 e. The van der Waals surface area contributed by atoms with Crippen LogP contribution in [0.3, 0.4) is 0 Å². The third kappa shape index (κ3) is 2.19. The SMILES string of the molecule is CN1CCC[C@H](C(=O)N2CC(C(=O)O)C2)C1. The standard InChI is InChI=1S/C11H18N2O3/c1-12-4-2-3-8(5-12)10(14)13-6-9(7-13)11(15)16/h8-9H,2-7H2,1H3,(H,15,16)/t8-/m0/s1. The Bertz CT molecular complexity index is 300. The lowest BCUT2D eigenvalue weighted by atomic mass is 9.93. The first-order valence-corrected chi connectivity index (χ1v) is 5.78. The monoisotopic (exact) mass is 226 g/mol. The lowest BCUT2D eigenvalue weighted by molar-refractivity contribution is -0.155. The topological polar surface area (TPSA) is 60.9 Å². The van der Waals surface area contributed by atoms with Gasteiger partial charge >= 0.3 is 5.97 Å². The van der Waals surface area contributed by atoms with Gasteiger partial charge < -0.3 is 14.9 Å². The molecule has 2 aliphatic heterocycles. The van der Waals surface area contributed by atoms with Crippen molar-refractivity contribution in [2.75, 3.05) is 33.2 Å². The van der Waals surface area contributed by atoms with Crippen LogP contribution in [-0.4, -0.2) is 60.0 Å². The molecule has 2 aliphatic rings. The van der Waals surface area contributed by atoms with Crippen molar-refractivity contribution >= 4 is 11.9 Å². The first-order chi connectivity index (χ1) is 7.58. The molecule has 5 heteroatoms. The molecule has 0 spiro atoms. The third-order valence-corrected chi connectivity index (χ3v) is 3.52. The zero-order valence-electron chi connectivity index (χ0n) is 9.56. The van der Waals surface area contributed by atoms with Gasteiger partial charge in [-0.05, 0) is 26.4 Å². The summed E-state index contributed by atoms with van der Waals surface area (Å²) in [5, 5.41) is 8.74. The van der Waals surface area contributed by atoms with Crippen molar-refractivity contribution in [1.29, 1.82) is 0 Å². The normalized spacial score (nSPS) is 27.6. The second-order valence-corrected chi connectivity index (χ2v) is 4.88. The van der Waals surface area contributed by atoms with Crippen molar-refractivity contribution in [1.82, 2.24) is 9.80 Å². The fourth-order valence-corrected chi connectivity index (χ4v) is 2.44. The summed E-state index contributed by atoms with van der Waals surface area (Å²) in [7, 11) is 2.02. The van der Waals surface area contributed by atoms with Crippen LogP contribution >= 0.6 is 0 Å². The van der Waals surface area contributed by atoms with Crippen molar-refractivity contribution in [3.8, 4) is 0 Å². The van der Waals surface area contributed by atoms with E-state index in [0.29, 0.717) is 13.1 Å². The van der Waals surface area contributed by atoms with Gasteiger partial charge in [-0.2, -0.15) is 0 Å². The number of amides is 1. The number of piperidine rings is 1. The number of carboxylic acids is 1. The maximum absolute atomic E-state index is 12.0. The maximum atomic E-state index is 12.0. The van der Waals surface area contributed by atoms with Crippen LogP contribution in [0, 0.1) is 11.8 Å². The van der Waals surface area contributed by atoms with Crippen molar-refractivity contribution in [3.63, 3.8) is 0 Å². The minimum atomic E-state index is -0.787. The van der Waals surface area contributed by atoms with Gasteiger partial charge in [0.05, 0.1) is 11.8 Å². The van der Waals surface area contributed by atoms with Gasteiger partial charge in [0, 0.05) is 19.6 Å². The summed E-state index contributed by atoms with van der Waals surface area (Å²) >= 11 is 0. The van der Waals surface area contributed by atoms with Gasteiger partial charge in [-0.1, -0.05) is 0 Å². The number of rotatable bonds is 2. The highest BCUT2D eigenvalue weighted by Crippen LogP contribution is 2.23. The summed E-state index contributed by atoms with van der Waals surface area (Å²) in [6.07, 6.45) is 2.00. The van der Waals surface area contributed by atoms with Crippen molar-refractivity contribution < 1.29 is 14.7 Å². The minimum absolute atomic E-state index is 0.0773. The highest BCUT2D eigenvalue weighted by atomic mass is 16.4. The Hall–Kier alpha value is -1.10. The number of hydrogen-bond donors (Lipinski definition) is 1. The minimum Gasteiger partial charge on any atom is -0.481 e. The molecule has 0 aromatic heterocycles. The lowest BCUT2D eigenvalue weighted by Gasteiger charge is -2.40. The average Bonchev–Trinajstić information content (AvgIpc) is 2.14. The quantitative estimate of drug-likeness (QED) is 0.712. The Morgan fingerprint density at radius 2 is 1.88 bits per heavy atom. The van der Waals surface area contributed by atoms with Crippen LogP contribution in [0.15, 0.2) is 0 Å². The zero-order valence-corrected chi connectivity index (χ0v) is 9.56. The summed E-state index contributed by atoms with van der Waals surface area (Å²) in [4.78, 5) is 26.5. The van der Waals surface area contributed by atoms with E-state index in [1.165, 1.54) is 0 Å². The van der Waals surface area contributed by atoms with Crippen LogP contribution in [-0.2, 0) is 9.59 Å².